The summed E-state index contributed by atoms with van der Waals surface area (Å²) in [4.78, 5) is 23.3. The summed E-state index contributed by atoms with van der Waals surface area (Å²) in [5, 5.41) is 4.24. The maximum atomic E-state index is 13.3. The van der Waals surface area contributed by atoms with Crippen molar-refractivity contribution in [2.24, 2.45) is 0 Å². The van der Waals surface area contributed by atoms with Gasteiger partial charge in [0.05, 0.1) is 6.54 Å². The minimum absolute atomic E-state index is 0.0323. The fourth-order valence-electron chi connectivity index (χ4n) is 1.69. The maximum Gasteiger partial charge on any atom is 0.251 e. The minimum Gasteiger partial charge on any atom is -0.343 e. The molecule has 2 aromatic carbocycles. The summed E-state index contributed by atoms with van der Waals surface area (Å²) < 4.78 is 39.6. The summed E-state index contributed by atoms with van der Waals surface area (Å²) in [6.07, 6.45) is 0. The number of hydrogen-bond donors (Lipinski definition) is 2. The number of carbonyl (C=O) groups excluding carboxylic acids is 2. The quantitative estimate of drug-likeness (QED) is 0.911. The van der Waals surface area contributed by atoms with Gasteiger partial charge in [0.1, 0.15) is 23.1 Å². The topological polar surface area (TPSA) is 58.2 Å². The summed E-state index contributed by atoms with van der Waals surface area (Å²) in [5.74, 6) is -3.93. The van der Waals surface area contributed by atoms with Crippen molar-refractivity contribution in [3.8, 4) is 0 Å². The lowest BCUT2D eigenvalue weighted by molar-refractivity contribution is -0.115. The van der Waals surface area contributed by atoms with Gasteiger partial charge < -0.3 is 10.6 Å². The van der Waals surface area contributed by atoms with E-state index in [9.17, 15) is 22.8 Å². The average Bonchev–Trinajstić information content (AvgIpc) is 2.48. The number of para-hydroxylation sites is 1. The van der Waals surface area contributed by atoms with Crippen LogP contribution in [0.4, 0.5) is 18.9 Å². The summed E-state index contributed by atoms with van der Waals surface area (Å²) in [6.45, 7) is -0.511. The van der Waals surface area contributed by atoms with Crippen molar-refractivity contribution in [2.75, 3.05) is 11.9 Å². The van der Waals surface area contributed by atoms with Gasteiger partial charge in [-0.05, 0) is 30.3 Å². The Morgan fingerprint density at radius 1 is 0.955 bits per heavy atom. The first-order valence-electron chi connectivity index (χ1n) is 6.25. The van der Waals surface area contributed by atoms with Gasteiger partial charge in [-0.2, -0.15) is 0 Å². The Hall–Kier alpha value is -2.83. The van der Waals surface area contributed by atoms with Gasteiger partial charge in [0.15, 0.2) is 0 Å². The average molecular weight is 308 g/mol. The van der Waals surface area contributed by atoms with E-state index in [0.29, 0.717) is 0 Å². The zero-order valence-electron chi connectivity index (χ0n) is 11.2. The van der Waals surface area contributed by atoms with Crippen molar-refractivity contribution in [2.45, 2.75) is 0 Å². The van der Waals surface area contributed by atoms with Crippen LogP contribution >= 0.6 is 0 Å². The standard InChI is InChI=1S/C15H11F3N2O2/c16-10-4-1-3-9(7-10)15(22)19-8-13(21)20-14-11(17)5-2-6-12(14)18/h1-7H,8H2,(H,19,22)(H,20,21). The highest BCUT2D eigenvalue weighted by Gasteiger charge is 2.13. The van der Waals surface area contributed by atoms with Gasteiger partial charge in [-0.15, -0.1) is 0 Å². The third-order valence-electron chi connectivity index (χ3n) is 2.72. The van der Waals surface area contributed by atoms with Gasteiger partial charge in [0.2, 0.25) is 5.91 Å². The van der Waals surface area contributed by atoms with E-state index >= 15 is 0 Å². The first kappa shape index (κ1) is 15.6. The van der Waals surface area contributed by atoms with Gasteiger partial charge in [-0.3, -0.25) is 9.59 Å². The van der Waals surface area contributed by atoms with E-state index in [2.05, 4.69) is 5.32 Å². The van der Waals surface area contributed by atoms with E-state index in [1.807, 2.05) is 5.32 Å². The molecule has 0 heterocycles. The van der Waals surface area contributed by atoms with Crippen LogP contribution in [0, 0.1) is 17.5 Å². The lowest BCUT2D eigenvalue weighted by Gasteiger charge is -2.08. The van der Waals surface area contributed by atoms with Crippen LogP contribution in [0.5, 0.6) is 0 Å². The predicted octanol–water partition coefficient (Wildman–Crippen LogP) is 2.47. The van der Waals surface area contributed by atoms with E-state index in [1.54, 1.807) is 0 Å². The van der Waals surface area contributed by atoms with Crippen LogP contribution < -0.4 is 10.6 Å². The van der Waals surface area contributed by atoms with Crippen LogP contribution in [-0.4, -0.2) is 18.4 Å². The molecular formula is C15H11F3N2O2. The van der Waals surface area contributed by atoms with Crippen LogP contribution in [-0.2, 0) is 4.79 Å². The second kappa shape index (κ2) is 6.75. The lowest BCUT2D eigenvalue weighted by Crippen LogP contribution is -2.33. The molecule has 22 heavy (non-hydrogen) atoms. The third kappa shape index (κ3) is 3.85. The number of anilines is 1. The van der Waals surface area contributed by atoms with Gasteiger partial charge >= 0.3 is 0 Å². The number of halogens is 3. The summed E-state index contributed by atoms with van der Waals surface area (Å²) in [5.41, 5.74) is -0.558. The highest BCUT2D eigenvalue weighted by molar-refractivity contribution is 5.99. The smallest absolute Gasteiger partial charge is 0.251 e. The minimum atomic E-state index is -0.926. The normalized spacial score (nSPS) is 10.1. The number of amides is 2. The Kier molecular flexibility index (Phi) is 4.77. The number of nitrogens with one attached hydrogen (secondary N) is 2. The van der Waals surface area contributed by atoms with Crippen molar-refractivity contribution < 1.29 is 22.8 Å². The molecule has 4 nitrogen and oxygen atoms in total. The Labute approximate surface area is 124 Å². The summed E-state index contributed by atoms with van der Waals surface area (Å²) in [7, 11) is 0. The monoisotopic (exact) mass is 308 g/mol. The van der Waals surface area contributed by atoms with Gasteiger partial charge in [-0.1, -0.05) is 12.1 Å². The lowest BCUT2D eigenvalue weighted by atomic mass is 10.2. The van der Waals surface area contributed by atoms with E-state index in [-0.39, 0.29) is 5.56 Å². The number of carbonyl (C=O) groups is 2. The second-order valence-electron chi connectivity index (χ2n) is 4.34. The number of benzene rings is 2. The molecule has 0 aliphatic rings. The van der Waals surface area contributed by atoms with E-state index < -0.39 is 41.5 Å². The van der Waals surface area contributed by atoms with Crippen LogP contribution in [0.1, 0.15) is 10.4 Å². The molecule has 2 amide bonds. The Balaban J connectivity index is 1.94. The van der Waals surface area contributed by atoms with Crippen molar-refractivity contribution in [3.63, 3.8) is 0 Å². The Bertz CT molecular complexity index is 699. The fraction of sp³-hybridized carbons (Fsp3) is 0.0667. The molecule has 0 fully saturated rings. The van der Waals surface area contributed by atoms with Crippen molar-refractivity contribution in [3.05, 3.63) is 65.5 Å². The molecule has 0 aliphatic carbocycles. The van der Waals surface area contributed by atoms with E-state index in [4.69, 9.17) is 0 Å². The van der Waals surface area contributed by atoms with Gasteiger partial charge in [0.25, 0.3) is 5.91 Å². The molecule has 0 bridgehead atoms. The van der Waals surface area contributed by atoms with Crippen molar-refractivity contribution in [1.82, 2.24) is 5.32 Å². The third-order valence-corrected chi connectivity index (χ3v) is 2.72. The van der Waals surface area contributed by atoms with E-state index in [0.717, 1.165) is 24.3 Å². The molecule has 2 N–H and O–H groups in total. The van der Waals surface area contributed by atoms with Crippen LogP contribution in [0.3, 0.4) is 0 Å². The SMILES string of the molecule is O=C(CNC(=O)c1cccc(F)c1)Nc1c(F)cccc1F. The molecule has 0 aromatic heterocycles. The summed E-state index contributed by atoms with van der Waals surface area (Å²) >= 11 is 0. The molecule has 0 saturated heterocycles. The Morgan fingerprint density at radius 3 is 2.23 bits per heavy atom. The fourth-order valence-corrected chi connectivity index (χ4v) is 1.69. The Morgan fingerprint density at radius 2 is 1.59 bits per heavy atom. The van der Waals surface area contributed by atoms with Crippen LogP contribution in [0.2, 0.25) is 0 Å². The van der Waals surface area contributed by atoms with Crippen LogP contribution in [0.15, 0.2) is 42.5 Å². The number of hydrogen-bond acceptors (Lipinski definition) is 2. The zero-order chi connectivity index (χ0) is 16.1. The highest BCUT2D eigenvalue weighted by atomic mass is 19.1. The summed E-state index contributed by atoms with van der Waals surface area (Å²) in [6, 6.07) is 8.03. The molecule has 2 rings (SSSR count). The molecule has 0 saturated carbocycles. The predicted molar refractivity (Wildman–Crippen MR) is 73.7 cm³/mol. The first-order valence-corrected chi connectivity index (χ1v) is 6.25. The zero-order valence-corrected chi connectivity index (χ0v) is 11.2. The molecule has 114 valence electrons. The van der Waals surface area contributed by atoms with Gasteiger partial charge in [-0.25, -0.2) is 13.2 Å². The second-order valence-corrected chi connectivity index (χ2v) is 4.34. The molecular weight excluding hydrogens is 297 g/mol. The molecule has 0 spiro atoms. The van der Waals surface area contributed by atoms with Crippen molar-refractivity contribution >= 4 is 17.5 Å². The number of rotatable bonds is 4. The largest absolute Gasteiger partial charge is 0.343 e. The van der Waals surface area contributed by atoms with Crippen molar-refractivity contribution in [1.29, 1.82) is 0 Å². The van der Waals surface area contributed by atoms with E-state index in [1.165, 1.54) is 18.2 Å². The van der Waals surface area contributed by atoms with Gasteiger partial charge in [0, 0.05) is 5.56 Å². The molecule has 0 radical (unpaired) electrons. The molecule has 2 aromatic rings. The first-order chi connectivity index (χ1) is 10.5. The molecule has 7 heteroatoms. The molecule has 0 atom stereocenters. The molecule has 0 unspecified atom stereocenters. The highest BCUT2D eigenvalue weighted by Crippen LogP contribution is 2.17. The maximum absolute atomic E-state index is 13.3. The molecule has 0 aliphatic heterocycles. The van der Waals surface area contributed by atoms with Crippen LogP contribution in [0.25, 0.3) is 0 Å².